The van der Waals surface area contributed by atoms with Crippen molar-refractivity contribution in [2.45, 2.75) is 24.1 Å². The minimum Gasteiger partial charge on any atom is -0.340 e. The quantitative estimate of drug-likeness (QED) is 0.516. The Morgan fingerprint density at radius 1 is 1.33 bits per heavy atom. The molecule has 3 rings (SSSR count). The van der Waals surface area contributed by atoms with E-state index in [4.69, 9.17) is 0 Å². The number of amides is 1. The van der Waals surface area contributed by atoms with Gasteiger partial charge in [-0.25, -0.2) is 8.42 Å². The van der Waals surface area contributed by atoms with E-state index in [0.29, 0.717) is 23.0 Å². The summed E-state index contributed by atoms with van der Waals surface area (Å²) >= 11 is 1.17. The molecule has 0 N–H and O–H groups in total. The molecule has 1 amide bonds. The highest BCUT2D eigenvalue weighted by molar-refractivity contribution is 7.91. The van der Waals surface area contributed by atoms with E-state index in [1.54, 1.807) is 29.3 Å². The van der Waals surface area contributed by atoms with Crippen molar-refractivity contribution >= 4 is 33.0 Å². The highest BCUT2D eigenvalue weighted by atomic mass is 32.2. The molecule has 10 nitrogen and oxygen atoms in total. The van der Waals surface area contributed by atoms with E-state index in [1.807, 2.05) is 0 Å². The normalized spacial score (nSPS) is 15.8. The fourth-order valence-electron chi connectivity index (χ4n) is 2.88. The standard InChI is InChI=1S/C15H19N5O5S2/c1-12-13(20(22)23)11-18(16-12)5-4-14(21)17-6-8-19(9-7-17)27(24,25)15-3-2-10-26-15/h2-3,10-11H,4-9H2,1H3. The minimum atomic E-state index is -3.50. The third-order valence-electron chi connectivity index (χ3n) is 4.35. The summed E-state index contributed by atoms with van der Waals surface area (Å²) in [4.78, 5) is 24.3. The van der Waals surface area contributed by atoms with Crippen molar-refractivity contribution in [1.29, 1.82) is 0 Å². The van der Waals surface area contributed by atoms with Crippen LogP contribution in [0.1, 0.15) is 12.1 Å². The molecular formula is C15H19N5O5S2. The Kier molecular flexibility index (Phi) is 5.58. The molecule has 0 unspecified atom stereocenters. The first-order valence-corrected chi connectivity index (χ1v) is 10.6. The number of aryl methyl sites for hydroxylation is 2. The van der Waals surface area contributed by atoms with Gasteiger partial charge in [-0.3, -0.25) is 19.6 Å². The Balaban J connectivity index is 1.53. The molecule has 2 aromatic heterocycles. The maximum absolute atomic E-state index is 12.5. The number of hydrogen-bond donors (Lipinski definition) is 0. The molecule has 1 aliphatic heterocycles. The van der Waals surface area contributed by atoms with Crippen LogP contribution >= 0.6 is 11.3 Å². The van der Waals surface area contributed by atoms with Crippen LogP contribution in [-0.4, -0.2) is 64.4 Å². The van der Waals surface area contributed by atoms with E-state index in [1.165, 1.54) is 26.5 Å². The molecule has 2 aromatic rings. The predicted molar refractivity (Wildman–Crippen MR) is 97.9 cm³/mol. The lowest BCUT2D eigenvalue weighted by atomic mass is 10.3. The number of thiophene rings is 1. The van der Waals surface area contributed by atoms with E-state index >= 15 is 0 Å². The molecule has 0 atom stereocenters. The highest BCUT2D eigenvalue weighted by Crippen LogP contribution is 2.22. The topological polar surface area (TPSA) is 119 Å². The lowest BCUT2D eigenvalue weighted by Crippen LogP contribution is -2.50. The smallest absolute Gasteiger partial charge is 0.309 e. The summed E-state index contributed by atoms with van der Waals surface area (Å²) in [7, 11) is -3.50. The Morgan fingerprint density at radius 2 is 2.04 bits per heavy atom. The second kappa shape index (κ2) is 7.74. The molecule has 27 heavy (non-hydrogen) atoms. The number of rotatable bonds is 6. The van der Waals surface area contributed by atoms with Gasteiger partial charge in [0.1, 0.15) is 16.1 Å². The SMILES string of the molecule is Cc1nn(CCC(=O)N2CCN(S(=O)(=O)c3cccs3)CC2)cc1[N+](=O)[O-]. The third-order valence-corrected chi connectivity index (χ3v) is 7.62. The fourth-order valence-corrected chi connectivity index (χ4v) is 5.45. The summed E-state index contributed by atoms with van der Waals surface area (Å²) in [6.07, 6.45) is 1.46. The van der Waals surface area contributed by atoms with Crippen LogP contribution in [0.3, 0.4) is 0 Å². The van der Waals surface area contributed by atoms with Crippen molar-refractivity contribution in [3.63, 3.8) is 0 Å². The van der Waals surface area contributed by atoms with Gasteiger partial charge in [0.25, 0.3) is 10.0 Å². The Hall–Kier alpha value is -2.31. The molecule has 0 aromatic carbocycles. The Labute approximate surface area is 160 Å². The van der Waals surface area contributed by atoms with Crippen LogP contribution in [0.15, 0.2) is 27.9 Å². The number of aromatic nitrogens is 2. The van der Waals surface area contributed by atoms with E-state index in [0.717, 1.165) is 0 Å². The number of nitro groups is 1. The first-order valence-electron chi connectivity index (χ1n) is 8.29. The van der Waals surface area contributed by atoms with Crippen LogP contribution < -0.4 is 0 Å². The van der Waals surface area contributed by atoms with E-state index in [-0.39, 0.29) is 37.6 Å². The minimum absolute atomic E-state index is 0.0742. The monoisotopic (exact) mass is 413 g/mol. The molecule has 3 heterocycles. The Bertz CT molecular complexity index is 930. The number of sulfonamides is 1. The number of hydrogen-bond acceptors (Lipinski definition) is 7. The zero-order valence-electron chi connectivity index (χ0n) is 14.6. The summed E-state index contributed by atoms with van der Waals surface area (Å²) in [6, 6.07) is 3.27. The van der Waals surface area contributed by atoms with Crippen LogP contribution in [-0.2, 0) is 21.4 Å². The van der Waals surface area contributed by atoms with Crippen LogP contribution in [0.25, 0.3) is 0 Å². The molecular weight excluding hydrogens is 394 g/mol. The van der Waals surface area contributed by atoms with Gasteiger partial charge in [-0.05, 0) is 18.4 Å². The average molecular weight is 413 g/mol. The van der Waals surface area contributed by atoms with Gasteiger partial charge in [0.05, 0.1) is 4.92 Å². The average Bonchev–Trinajstić information content (AvgIpc) is 3.30. The molecule has 1 saturated heterocycles. The van der Waals surface area contributed by atoms with Crippen LogP contribution in [0.5, 0.6) is 0 Å². The lowest BCUT2D eigenvalue weighted by Gasteiger charge is -2.33. The van der Waals surface area contributed by atoms with Gasteiger partial charge >= 0.3 is 5.69 Å². The van der Waals surface area contributed by atoms with Crippen molar-refractivity contribution < 1.29 is 18.1 Å². The van der Waals surface area contributed by atoms with Crippen molar-refractivity contribution in [2.24, 2.45) is 0 Å². The van der Waals surface area contributed by atoms with Gasteiger partial charge in [0.15, 0.2) is 0 Å². The molecule has 0 bridgehead atoms. The molecule has 12 heteroatoms. The van der Waals surface area contributed by atoms with Crippen molar-refractivity contribution in [3.05, 3.63) is 39.5 Å². The van der Waals surface area contributed by atoms with Gasteiger partial charge in [0, 0.05) is 39.1 Å². The second-order valence-corrected chi connectivity index (χ2v) is 9.20. The van der Waals surface area contributed by atoms with Gasteiger partial charge in [-0.1, -0.05) is 6.07 Å². The zero-order chi connectivity index (χ0) is 19.6. The molecule has 0 aliphatic carbocycles. The maximum atomic E-state index is 12.5. The van der Waals surface area contributed by atoms with Crippen molar-refractivity contribution in [2.75, 3.05) is 26.2 Å². The highest BCUT2D eigenvalue weighted by Gasteiger charge is 2.30. The van der Waals surface area contributed by atoms with Gasteiger partial charge in [0.2, 0.25) is 5.91 Å². The van der Waals surface area contributed by atoms with Gasteiger partial charge in [-0.15, -0.1) is 11.3 Å². The zero-order valence-corrected chi connectivity index (χ0v) is 16.3. The number of piperazine rings is 1. The first-order chi connectivity index (χ1) is 12.8. The van der Waals surface area contributed by atoms with E-state index in [9.17, 15) is 23.3 Å². The lowest BCUT2D eigenvalue weighted by molar-refractivity contribution is -0.385. The third kappa shape index (κ3) is 4.17. The van der Waals surface area contributed by atoms with Crippen molar-refractivity contribution in [3.8, 4) is 0 Å². The molecule has 0 spiro atoms. The van der Waals surface area contributed by atoms with Crippen LogP contribution in [0.2, 0.25) is 0 Å². The number of nitrogens with zero attached hydrogens (tertiary/aromatic N) is 5. The first kappa shape index (κ1) is 19.5. The molecule has 146 valence electrons. The summed E-state index contributed by atoms with van der Waals surface area (Å²) in [5, 5.41) is 16.6. The fraction of sp³-hybridized carbons (Fsp3) is 0.467. The molecule has 1 aliphatic rings. The summed E-state index contributed by atoms with van der Waals surface area (Å²) in [5.41, 5.74) is 0.231. The second-order valence-electron chi connectivity index (χ2n) is 6.09. The van der Waals surface area contributed by atoms with E-state index < -0.39 is 14.9 Å². The largest absolute Gasteiger partial charge is 0.340 e. The molecule has 0 radical (unpaired) electrons. The van der Waals surface area contributed by atoms with Crippen LogP contribution in [0.4, 0.5) is 5.69 Å². The van der Waals surface area contributed by atoms with Gasteiger partial charge < -0.3 is 4.90 Å². The maximum Gasteiger partial charge on any atom is 0.309 e. The van der Waals surface area contributed by atoms with E-state index in [2.05, 4.69) is 5.10 Å². The Morgan fingerprint density at radius 3 is 2.59 bits per heavy atom. The summed E-state index contributed by atoms with van der Waals surface area (Å²) < 4.78 is 28.1. The van der Waals surface area contributed by atoms with Crippen molar-refractivity contribution in [1.82, 2.24) is 19.0 Å². The summed E-state index contributed by atoms with van der Waals surface area (Å²) in [6.45, 7) is 2.92. The molecule has 1 fully saturated rings. The van der Waals surface area contributed by atoms with Gasteiger partial charge in [-0.2, -0.15) is 9.40 Å². The predicted octanol–water partition coefficient (Wildman–Crippen LogP) is 1.08. The summed E-state index contributed by atoms with van der Waals surface area (Å²) in [5.74, 6) is -0.126. The number of carbonyl (C=O) groups excluding carboxylic acids is 1. The van der Waals surface area contributed by atoms with Crippen LogP contribution in [0, 0.1) is 17.0 Å². The molecule has 0 saturated carbocycles. The number of carbonyl (C=O) groups is 1.